The van der Waals surface area contributed by atoms with E-state index in [9.17, 15) is 4.79 Å². The van der Waals surface area contributed by atoms with Crippen molar-refractivity contribution >= 4 is 5.91 Å². The van der Waals surface area contributed by atoms with Gasteiger partial charge in [-0.15, -0.1) is 0 Å². The summed E-state index contributed by atoms with van der Waals surface area (Å²) < 4.78 is 5.93. The van der Waals surface area contributed by atoms with Gasteiger partial charge in [0.05, 0.1) is 12.2 Å². The summed E-state index contributed by atoms with van der Waals surface area (Å²) in [7, 11) is 0. The van der Waals surface area contributed by atoms with Gasteiger partial charge in [0.1, 0.15) is 17.1 Å². The standard InChI is InChI=1S/C22H19N5O2/c28-22(18-13-17(25-26-18)16-6-9-23-10-7-16)27-11-8-20-19(14-27)24-21(29-20)12-15-4-2-1-3-5-15/h1-7,9-10,13H,8,11-12,14H2,(H,25,26). The van der Waals surface area contributed by atoms with Crippen molar-refractivity contribution in [3.05, 3.63) is 89.5 Å². The van der Waals surface area contributed by atoms with Crippen LogP contribution in [0.2, 0.25) is 0 Å². The normalized spacial score (nSPS) is 13.3. The number of nitrogens with zero attached hydrogens (tertiary/aromatic N) is 4. The fourth-order valence-corrected chi connectivity index (χ4v) is 3.54. The van der Waals surface area contributed by atoms with Gasteiger partial charge in [0.15, 0.2) is 5.89 Å². The van der Waals surface area contributed by atoms with E-state index < -0.39 is 0 Å². The lowest BCUT2D eigenvalue weighted by atomic mass is 10.1. The molecule has 0 saturated carbocycles. The van der Waals surface area contributed by atoms with Crippen LogP contribution in [0.5, 0.6) is 0 Å². The molecular weight excluding hydrogens is 366 g/mol. The first kappa shape index (κ1) is 17.4. The number of carbonyl (C=O) groups is 1. The van der Waals surface area contributed by atoms with Crippen molar-refractivity contribution in [2.45, 2.75) is 19.4 Å². The number of aromatic nitrogens is 4. The first-order valence-electron chi connectivity index (χ1n) is 9.53. The predicted octanol–water partition coefficient (Wildman–Crippen LogP) is 3.25. The van der Waals surface area contributed by atoms with Crippen molar-refractivity contribution in [3.8, 4) is 11.3 Å². The number of nitrogens with one attached hydrogen (secondary N) is 1. The molecule has 3 aromatic heterocycles. The summed E-state index contributed by atoms with van der Waals surface area (Å²) >= 11 is 0. The van der Waals surface area contributed by atoms with E-state index in [1.165, 1.54) is 0 Å². The summed E-state index contributed by atoms with van der Waals surface area (Å²) in [6, 6.07) is 15.6. The molecule has 1 amide bonds. The number of H-pyrrole nitrogens is 1. The van der Waals surface area contributed by atoms with Crippen LogP contribution in [0.1, 0.15) is 33.4 Å². The number of hydrogen-bond donors (Lipinski definition) is 1. The van der Waals surface area contributed by atoms with E-state index >= 15 is 0 Å². The maximum atomic E-state index is 12.9. The summed E-state index contributed by atoms with van der Waals surface area (Å²) in [5.41, 5.74) is 4.09. The Balaban J connectivity index is 1.31. The quantitative estimate of drug-likeness (QED) is 0.583. The molecule has 0 unspecified atom stereocenters. The molecule has 0 spiro atoms. The van der Waals surface area contributed by atoms with Gasteiger partial charge in [-0.1, -0.05) is 30.3 Å². The lowest BCUT2D eigenvalue weighted by Gasteiger charge is -2.24. The minimum Gasteiger partial charge on any atom is -0.445 e. The summed E-state index contributed by atoms with van der Waals surface area (Å²) in [6.45, 7) is 1.03. The highest BCUT2D eigenvalue weighted by molar-refractivity contribution is 5.93. The average molecular weight is 385 g/mol. The number of rotatable bonds is 4. The Kier molecular flexibility index (Phi) is 4.40. The van der Waals surface area contributed by atoms with Gasteiger partial charge in [-0.05, 0) is 23.8 Å². The van der Waals surface area contributed by atoms with Crippen LogP contribution in [0.4, 0.5) is 0 Å². The van der Waals surface area contributed by atoms with Gasteiger partial charge in [-0.2, -0.15) is 5.10 Å². The largest absolute Gasteiger partial charge is 0.445 e. The molecule has 4 heterocycles. The Morgan fingerprint density at radius 2 is 1.97 bits per heavy atom. The highest BCUT2D eigenvalue weighted by Crippen LogP contribution is 2.23. The topological polar surface area (TPSA) is 87.9 Å². The number of carbonyl (C=O) groups excluding carboxylic acids is 1. The molecule has 0 saturated heterocycles. The summed E-state index contributed by atoms with van der Waals surface area (Å²) in [5, 5.41) is 7.12. The SMILES string of the molecule is O=C(c1cc(-c2ccncc2)n[nH]1)N1CCc2oc(Cc3ccccc3)nc2C1. The van der Waals surface area contributed by atoms with Gasteiger partial charge in [0.25, 0.3) is 5.91 Å². The van der Waals surface area contributed by atoms with Crippen molar-refractivity contribution in [2.75, 3.05) is 6.54 Å². The fraction of sp³-hybridized carbons (Fsp3) is 0.182. The molecule has 1 aliphatic heterocycles. The molecule has 1 aromatic carbocycles. The van der Waals surface area contributed by atoms with Crippen LogP contribution in [0.25, 0.3) is 11.3 Å². The van der Waals surface area contributed by atoms with Gasteiger partial charge >= 0.3 is 0 Å². The molecule has 0 aliphatic carbocycles. The lowest BCUT2D eigenvalue weighted by molar-refractivity contribution is 0.0722. The number of fused-ring (bicyclic) bond motifs is 1. The zero-order valence-electron chi connectivity index (χ0n) is 15.7. The molecule has 29 heavy (non-hydrogen) atoms. The number of amides is 1. The Morgan fingerprint density at radius 3 is 2.79 bits per heavy atom. The highest BCUT2D eigenvalue weighted by Gasteiger charge is 2.27. The van der Waals surface area contributed by atoms with Crippen LogP contribution in [0.3, 0.4) is 0 Å². The Bertz CT molecular complexity index is 1130. The number of aromatic amines is 1. The van der Waals surface area contributed by atoms with Crippen molar-refractivity contribution in [1.82, 2.24) is 25.1 Å². The summed E-state index contributed by atoms with van der Waals surface area (Å²) in [5.74, 6) is 1.48. The van der Waals surface area contributed by atoms with Crippen LogP contribution >= 0.6 is 0 Å². The van der Waals surface area contributed by atoms with Crippen LogP contribution in [0, 0.1) is 0 Å². The third-order valence-corrected chi connectivity index (χ3v) is 5.04. The van der Waals surface area contributed by atoms with E-state index in [0.29, 0.717) is 37.5 Å². The van der Waals surface area contributed by atoms with Crippen LogP contribution in [-0.2, 0) is 19.4 Å². The van der Waals surface area contributed by atoms with Gasteiger partial charge in [-0.3, -0.25) is 14.9 Å². The number of benzene rings is 1. The highest BCUT2D eigenvalue weighted by atomic mass is 16.4. The van der Waals surface area contributed by atoms with Gasteiger partial charge in [-0.25, -0.2) is 4.98 Å². The zero-order chi connectivity index (χ0) is 19.6. The van der Waals surface area contributed by atoms with Gasteiger partial charge < -0.3 is 9.32 Å². The van der Waals surface area contributed by atoms with E-state index in [4.69, 9.17) is 4.42 Å². The molecular formula is C22H19N5O2. The smallest absolute Gasteiger partial charge is 0.272 e. The zero-order valence-corrected chi connectivity index (χ0v) is 15.7. The molecule has 4 aromatic rings. The van der Waals surface area contributed by atoms with E-state index in [-0.39, 0.29) is 5.91 Å². The van der Waals surface area contributed by atoms with Crippen molar-refractivity contribution in [3.63, 3.8) is 0 Å². The van der Waals surface area contributed by atoms with Crippen LogP contribution < -0.4 is 0 Å². The maximum absolute atomic E-state index is 12.9. The van der Waals surface area contributed by atoms with Gasteiger partial charge in [0, 0.05) is 37.3 Å². The molecule has 7 nitrogen and oxygen atoms in total. The van der Waals surface area contributed by atoms with Gasteiger partial charge in [0.2, 0.25) is 0 Å². The minimum absolute atomic E-state index is 0.0870. The van der Waals surface area contributed by atoms with E-state index in [1.807, 2.05) is 30.3 Å². The summed E-state index contributed by atoms with van der Waals surface area (Å²) in [6.07, 6.45) is 4.72. The monoisotopic (exact) mass is 385 g/mol. The average Bonchev–Trinajstić information content (AvgIpc) is 3.41. The second kappa shape index (κ2) is 7.35. The molecule has 0 atom stereocenters. The summed E-state index contributed by atoms with van der Waals surface area (Å²) in [4.78, 5) is 23.4. The van der Waals surface area contributed by atoms with Crippen LogP contribution in [-0.4, -0.2) is 37.5 Å². The molecule has 0 fully saturated rings. The van der Waals surface area contributed by atoms with E-state index in [2.05, 4.69) is 32.3 Å². The second-order valence-electron chi connectivity index (χ2n) is 7.02. The Labute approximate surface area is 167 Å². The Morgan fingerprint density at radius 1 is 1.14 bits per heavy atom. The molecule has 0 radical (unpaired) electrons. The van der Waals surface area contributed by atoms with Crippen molar-refractivity contribution in [2.24, 2.45) is 0 Å². The Hall–Kier alpha value is -3.74. The van der Waals surface area contributed by atoms with Crippen molar-refractivity contribution in [1.29, 1.82) is 0 Å². The molecule has 1 aliphatic rings. The fourth-order valence-electron chi connectivity index (χ4n) is 3.54. The molecule has 1 N–H and O–H groups in total. The first-order valence-corrected chi connectivity index (χ1v) is 9.53. The molecule has 5 rings (SSSR count). The minimum atomic E-state index is -0.0870. The van der Waals surface area contributed by atoms with E-state index in [0.717, 1.165) is 28.3 Å². The molecule has 7 heteroatoms. The first-order chi connectivity index (χ1) is 14.3. The van der Waals surface area contributed by atoms with Crippen LogP contribution in [0.15, 0.2) is 65.3 Å². The molecule has 144 valence electrons. The lowest BCUT2D eigenvalue weighted by Crippen LogP contribution is -2.36. The molecule has 0 bridgehead atoms. The third kappa shape index (κ3) is 3.54. The maximum Gasteiger partial charge on any atom is 0.272 e. The second-order valence-corrected chi connectivity index (χ2v) is 7.02. The third-order valence-electron chi connectivity index (χ3n) is 5.04. The van der Waals surface area contributed by atoms with E-state index in [1.54, 1.807) is 23.4 Å². The number of pyridine rings is 1. The number of hydrogen-bond acceptors (Lipinski definition) is 5. The van der Waals surface area contributed by atoms with Crippen molar-refractivity contribution < 1.29 is 9.21 Å². The number of oxazole rings is 1. The predicted molar refractivity (Wildman–Crippen MR) is 106 cm³/mol.